The molecule has 0 bridgehead atoms. The number of carbonyl (C=O) groups excluding carboxylic acids is 1. The molecule has 0 aliphatic carbocycles. The molecule has 1 unspecified atom stereocenters. The van der Waals surface area contributed by atoms with E-state index >= 15 is 0 Å². The number of fused-ring (bicyclic) bond motifs is 1. The maximum Gasteiger partial charge on any atom is 0.228 e. The molecule has 6 heteroatoms. The standard InChI is InChI=1S/C15H18N4O2/c1-10-18-14(21-19-10)7-9-17-15(20)12-6-8-16-13-5-3-2-4-11(12)13/h2-5,12,16H,6-9H2,1H3,(H,17,20). The summed E-state index contributed by atoms with van der Waals surface area (Å²) in [5.74, 6) is 1.13. The fourth-order valence-corrected chi connectivity index (χ4v) is 2.60. The third-order valence-corrected chi connectivity index (χ3v) is 3.61. The lowest BCUT2D eigenvalue weighted by Crippen LogP contribution is -2.34. The van der Waals surface area contributed by atoms with Crippen molar-refractivity contribution in [3.05, 3.63) is 41.5 Å². The summed E-state index contributed by atoms with van der Waals surface area (Å²) in [6, 6.07) is 7.96. The summed E-state index contributed by atoms with van der Waals surface area (Å²) in [6.07, 6.45) is 1.36. The number of carbonyl (C=O) groups is 1. The van der Waals surface area contributed by atoms with Gasteiger partial charge in [0.2, 0.25) is 11.8 Å². The maximum atomic E-state index is 12.4. The molecule has 2 N–H and O–H groups in total. The number of amides is 1. The van der Waals surface area contributed by atoms with E-state index in [1.165, 1.54) is 0 Å². The smallest absolute Gasteiger partial charge is 0.228 e. The molecule has 0 radical (unpaired) electrons. The summed E-state index contributed by atoms with van der Waals surface area (Å²) in [4.78, 5) is 16.5. The normalized spacial score (nSPS) is 16.9. The van der Waals surface area contributed by atoms with Crippen molar-refractivity contribution in [2.24, 2.45) is 0 Å². The van der Waals surface area contributed by atoms with Crippen LogP contribution in [0, 0.1) is 6.92 Å². The number of rotatable bonds is 4. The second-order valence-corrected chi connectivity index (χ2v) is 5.13. The lowest BCUT2D eigenvalue weighted by atomic mass is 9.90. The van der Waals surface area contributed by atoms with Crippen molar-refractivity contribution in [3.8, 4) is 0 Å². The van der Waals surface area contributed by atoms with Crippen LogP contribution in [0.3, 0.4) is 0 Å². The van der Waals surface area contributed by atoms with Crippen LogP contribution in [0.2, 0.25) is 0 Å². The van der Waals surface area contributed by atoms with Crippen LogP contribution in [0.5, 0.6) is 0 Å². The Morgan fingerprint density at radius 3 is 3.14 bits per heavy atom. The second-order valence-electron chi connectivity index (χ2n) is 5.13. The molecule has 0 fully saturated rings. The van der Waals surface area contributed by atoms with Crippen LogP contribution < -0.4 is 10.6 Å². The Balaban J connectivity index is 1.59. The molecule has 2 aromatic rings. The van der Waals surface area contributed by atoms with Crippen molar-refractivity contribution in [2.45, 2.75) is 25.7 Å². The third-order valence-electron chi connectivity index (χ3n) is 3.61. The van der Waals surface area contributed by atoms with E-state index in [1.54, 1.807) is 6.92 Å². The van der Waals surface area contributed by atoms with Gasteiger partial charge in [0.1, 0.15) is 0 Å². The van der Waals surface area contributed by atoms with E-state index < -0.39 is 0 Å². The first-order chi connectivity index (χ1) is 10.2. The molecule has 3 rings (SSSR count). The number of benzene rings is 1. The molecule has 0 saturated heterocycles. The Labute approximate surface area is 122 Å². The highest BCUT2D eigenvalue weighted by molar-refractivity contribution is 5.86. The second kappa shape index (κ2) is 5.95. The predicted molar refractivity (Wildman–Crippen MR) is 78.0 cm³/mol. The topological polar surface area (TPSA) is 80.0 Å². The van der Waals surface area contributed by atoms with Crippen LogP contribution in [0.25, 0.3) is 0 Å². The van der Waals surface area contributed by atoms with Gasteiger partial charge in [0.15, 0.2) is 5.82 Å². The number of para-hydroxylation sites is 1. The Kier molecular flexibility index (Phi) is 3.85. The number of hydrogen-bond acceptors (Lipinski definition) is 5. The van der Waals surface area contributed by atoms with Gasteiger partial charge in [0.25, 0.3) is 0 Å². The molecule has 1 aliphatic heterocycles. The minimum absolute atomic E-state index is 0.0557. The lowest BCUT2D eigenvalue weighted by Gasteiger charge is -2.25. The minimum atomic E-state index is -0.0909. The van der Waals surface area contributed by atoms with E-state index in [-0.39, 0.29) is 11.8 Å². The molecule has 1 aromatic heterocycles. The molecule has 1 aromatic carbocycles. The predicted octanol–water partition coefficient (Wildman–Crippen LogP) is 1.64. The Hall–Kier alpha value is -2.37. The van der Waals surface area contributed by atoms with Crippen molar-refractivity contribution >= 4 is 11.6 Å². The fraction of sp³-hybridized carbons (Fsp3) is 0.400. The quantitative estimate of drug-likeness (QED) is 0.893. The van der Waals surface area contributed by atoms with Gasteiger partial charge in [0, 0.05) is 25.2 Å². The highest BCUT2D eigenvalue weighted by Crippen LogP contribution is 2.31. The molecule has 110 valence electrons. The number of anilines is 1. The van der Waals surface area contributed by atoms with Crippen molar-refractivity contribution < 1.29 is 9.32 Å². The summed E-state index contributed by atoms with van der Waals surface area (Å²) >= 11 is 0. The average Bonchev–Trinajstić information content (AvgIpc) is 2.92. The number of aryl methyl sites for hydroxylation is 1. The zero-order chi connectivity index (χ0) is 14.7. The number of aromatic nitrogens is 2. The van der Waals surface area contributed by atoms with Crippen LogP contribution in [0.15, 0.2) is 28.8 Å². The molecule has 1 atom stereocenters. The van der Waals surface area contributed by atoms with Crippen LogP contribution in [-0.2, 0) is 11.2 Å². The SMILES string of the molecule is Cc1noc(CCNC(=O)C2CCNc3ccccc32)n1. The highest BCUT2D eigenvalue weighted by atomic mass is 16.5. The third kappa shape index (κ3) is 3.04. The number of hydrogen-bond donors (Lipinski definition) is 2. The van der Waals surface area contributed by atoms with Gasteiger partial charge in [-0.25, -0.2) is 0 Å². The van der Waals surface area contributed by atoms with Crippen LogP contribution >= 0.6 is 0 Å². The van der Waals surface area contributed by atoms with Gasteiger partial charge in [-0.15, -0.1) is 0 Å². The van der Waals surface area contributed by atoms with E-state index in [0.29, 0.717) is 24.7 Å². The zero-order valence-electron chi connectivity index (χ0n) is 11.9. The van der Waals surface area contributed by atoms with Crippen molar-refractivity contribution in [1.82, 2.24) is 15.5 Å². The lowest BCUT2D eigenvalue weighted by molar-refractivity contribution is -0.122. The molecule has 1 amide bonds. The summed E-state index contributed by atoms with van der Waals surface area (Å²) in [7, 11) is 0. The molecule has 2 heterocycles. The number of nitrogens with zero attached hydrogens (tertiary/aromatic N) is 2. The van der Waals surface area contributed by atoms with Gasteiger partial charge in [-0.05, 0) is 25.0 Å². The Morgan fingerprint density at radius 1 is 1.48 bits per heavy atom. The van der Waals surface area contributed by atoms with Gasteiger partial charge in [0.05, 0.1) is 5.92 Å². The summed E-state index contributed by atoms with van der Waals surface area (Å²) in [6.45, 7) is 3.10. The Bertz CT molecular complexity index is 638. The van der Waals surface area contributed by atoms with Crippen molar-refractivity contribution in [1.29, 1.82) is 0 Å². The first kappa shape index (κ1) is 13.6. The van der Waals surface area contributed by atoms with E-state index in [0.717, 1.165) is 24.2 Å². The average molecular weight is 286 g/mol. The summed E-state index contributed by atoms with van der Waals surface area (Å²) in [5, 5.41) is 10.0. The van der Waals surface area contributed by atoms with Crippen LogP contribution in [0.4, 0.5) is 5.69 Å². The van der Waals surface area contributed by atoms with Gasteiger partial charge < -0.3 is 15.2 Å². The summed E-state index contributed by atoms with van der Waals surface area (Å²) < 4.78 is 5.03. The Morgan fingerprint density at radius 2 is 2.33 bits per heavy atom. The number of nitrogens with one attached hydrogen (secondary N) is 2. The van der Waals surface area contributed by atoms with Crippen LogP contribution in [-0.4, -0.2) is 29.1 Å². The van der Waals surface area contributed by atoms with E-state index in [1.807, 2.05) is 24.3 Å². The van der Waals surface area contributed by atoms with Gasteiger partial charge in [-0.3, -0.25) is 4.79 Å². The highest BCUT2D eigenvalue weighted by Gasteiger charge is 2.25. The van der Waals surface area contributed by atoms with Gasteiger partial charge in [-0.1, -0.05) is 23.4 Å². The van der Waals surface area contributed by atoms with Gasteiger partial charge >= 0.3 is 0 Å². The first-order valence-corrected chi connectivity index (χ1v) is 7.14. The van der Waals surface area contributed by atoms with E-state index in [2.05, 4.69) is 20.8 Å². The molecule has 6 nitrogen and oxygen atoms in total. The van der Waals surface area contributed by atoms with E-state index in [4.69, 9.17) is 4.52 Å². The molecular formula is C15H18N4O2. The molecule has 0 saturated carbocycles. The van der Waals surface area contributed by atoms with E-state index in [9.17, 15) is 4.79 Å². The van der Waals surface area contributed by atoms with Crippen molar-refractivity contribution in [2.75, 3.05) is 18.4 Å². The molecule has 0 spiro atoms. The first-order valence-electron chi connectivity index (χ1n) is 7.14. The largest absolute Gasteiger partial charge is 0.385 e. The van der Waals surface area contributed by atoms with Crippen LogP contribution in [0.1, 0.15) is 29.6 Å². The zero-order valence-corrected chi connectivity index (χ0v) is 11.9. The van der Waals surface area contributed by atoms with Crippen molar-refractivity contribution in [3.63, 3.8) is 0 Å². The molecular weight excluding hydrogens is 268 g/mol. The fourth-order valence-electron chi connectivity index (χ4n) is 2.60. The monoisotopic (exact) mass is 286 g/mol. The molecule has 21 heavy (non-hydrogen) atoms. The molecule has 1 aliphatic rings. The maximum absolute atomic E-state index is 12.4. The summed E-state index contributed by atoms with van der Waals surface area (Å²) in [5.41, 5.74) is 2.12. The van der Waals surface area contributed by atoms with Gasteiger partial charge in [-0.2, -0.15) is 4.98 Å². The minimum Gasteiger partial charge on any atom is -0.385 e.